The van der Waals surface area contributed by atoms with Gasteiger partial charge in [-0.05, 0) is 48.7 Å². The van der Waals surface area contributed by atoms with Gasteiger partial charge >= 0.3 is 0 Å². The van der Waals surface area contributed by atoms with Gasteiger partial charge in [-0.1, -0.05) is 66.8 Å². The molecule has 0 aliphatic heterocycles. The van der Waals surface area contributed by atoms with E-state index in [0.717, 1.165) is 26.9 Å². The Hall–Kier alpha value is -3.03. The maximum absolute atomic E-state index is 13.8. The summed E-state index contributed by atoms with van der Waals surface area (Å²) in [5.74, 6) is -0.454. The molecule has 0 unspecified atom stereocenters. The van der Waals surface area contributed by atoms with Crippen molar-refractivity contribution in [1.29, 1.82) is 0 Å². The van der Waals surface area contributed by atoms with Crippen LogP contribution in [-0.4, -0.2) is 25.1 Å². The Morgan fingerprint density at radius 2 is 1.69 bits per heavy atom. The number of anilines is 1. The molecule has 0 bridgehead atoms. The van der Waals surface area contributed by atoms with Gasteiger partial charge in [0.15, 0.2) is 15.0 Å². The van der Waals surface area contributed by atoms with Crippen LogP contribution in [0.3, 0.4) is 0 Å². The van der Waals surface area contributed by atoms with E-state index in [2.05, 4.69) is 12.1 Å². The van der Waals surface area contributed by atoms with Crippen LogP contribution in [0.4, 0.5) is 5.13 Å². The van der Waals surface area contributed by atoms with Crippen LogP contribution < -0.4 is 4.90 Å². The van der Waals surface area contributed by atoms with Gasteiger partial charge in [-0.2, -0.15) is 0 Å². The summed E-state index contributed by atoms with van der Waals surface area (Å²) < 4.78 is 26.4. The highest BCUT2D eigenvalue weighted by Crippen LogP contribution is 2.34. The minimum Gasteiger partial charge on any atom is -0.279 e. The zero-order valence-corrected chi connectivity index (χ0v) is 19.8. The summed E-state index contributed by atoms with van der Waals surface area (Å²) in [6.07, 6.45) is 0. The summed E-state index contributed by atoms with van der Waals surface area (Å²) in [5.41, 5.74) is 4.13. The van der Waals surface area contributed by atoms with E-state index in [4.69, 9.17) is 4.98 Å². The highest BCUT2D eigenvalue weighted by atomic mass is 32.2. The van der Waals surface area contributed by atoms with Gasteiger partial charge < -0.3 is 0 Å². The van der Waals surface area contributed by atoms with Gasteiger partial charge in [0, 0.05) is 0 Å². The number of sulfone groups is 1. The molecule has 0 radical (unpaired) electrons. The van der Waals surface area contributed by atoms with Crippen molar-refractivity contribution in [3.05, 3.63) is 89.0 Å². The highest BCUT2D eigenvalue weighted by molar-refractivity contribution is 7.91. The Labute approximate surface area is 192 Å². The number of fused-ring (bicyclic) bond motifs is 1. The first kappa shape index (κ1) is 22.2. The van der Waals surface area contributed by atoms with Gasteiger partial charge in [0.25, 0.3) is 5.91 Å². The zero-order valence-electron chi connectivity index (χ0n) is 18.2. The predicted octanol–water partition coefficient (Wildman–Crippen LogP) is 5.55. The summed E-state index contributed by atoms with van der Waals surface area (Å²) in [7, 11) is -3.56. The molecule has 4 rings (SSSR count). The molecule has 1 amide bonds. The van der Waals surface area contributed by atoms with Crippen LogP contribution in [0.15, 0.2) is 71.6 Å². The maximum atomic E-state index is 13.8. The minimum atomic E-state index is -3.56. The fraction of sp³-hybridized carbons (Fsp3) is 0.200. The van der Waals surface area contributed by atoms with Crippen LogP contribution in [0.2, 0.25) is 0 Å². The normalized spacial score (nSPS) is 11.6. The van der Waals surface area contributed by atoms with Crippen LogP contribution in [0, 0.1) is 13.8 Å². The average molecular weight is 465 g/mol. The Balaban J connectivity index is 1.86. The molecule has 0 fully saturated rings. The number of carbonyl (C=O) groups is 1. The van der Waals surface area contributed by atoms with E-state index in [1.807, 2.05) is 44.2 Å². The summed E-state index contributed by atoms with van der Waals surface area (Å²) in [5, 5.41) is 0.547. The molecule has 5 nitrogen and oxygen atoms in total. The predicted molar refractivity (Wildman–Crippen MR) is 130 cm³/mol. The van der Waals surface area contributed by atoms with E-state index < -0.39 is 9.84 Å². The molecule has 32 heavy (non-hydrogen) atoms. The van der Waals surface area contributed by atoms with Crippen molar-refractivity contribution in [2.24, 2.45) is 0 Å². The Kier molecular flexibility index (Phi) is 6.13. The molecule has 1 aromatic heterocycles. The second kappa shape index (κ2) is 8.84. The van der Waals surface area contributed by atoms with Crippen molar-refractivity contribution in [3.8, 4) is 0 Å². The number of thiazole rings is 1. The number of amides is 1. The number of carbonyl (C=O) groups excluding carboxylic acids is 1. The summed E-state index contributed by atoms with van der Waals surface area (Å²) in [6, 6.07) is 20.2. The largest absolute Gasteiger partial charge is 0.279 e. The van der Waals surface area contributed by atoms with Gasteiger partial charge in [-0.15, -0.1) is 0 Å². The van der Waals surface area contributed by atoms with Crippen molar-refractivity contribution in [3.63, 3.8) is 0 Å². The zero-order chi connectivity index (χ0) is 22.9. The molecule has 3 aromatic carbocycles. The van der Waals surface area contributed by atoms with Crippen molar-refractivity contribution < 1.29 is 13.2 Å². The number of hydrogen-bond donors (Lipinski definition) is 0. The Bertz CT molecular complexity index is 1390. The monoisotopic (exact) mass is 464 g/mol. The lowest BCUT2D eigenvalue weighted by atomic mass is 10.1. The second-order valence-electron chi connectivity index (χ2n) is 7.70. The van der Waals surface area contributed by atoms with Gasteiger partial charge in [0.2, 0.25) is 0 Å². The van der Waals surface area contributed by atoms with E-state index in [-0.39, 0.29) is 28.7 Å². The number of benzene rings is 3. The van der Waals surface area contributed by atoms with Crippen molar-refractivity contribution in [2.45, 2.75) is 32.2 Å². The van der Waals surface area contributed by atoms with Crippen LogP contribution in [0.25, 0.3) is 10.2 Å². The molecule has 0 atom stereocenters. The van der Waals surface area contributed by atoms with Crippen LogP contribution in [-0.2, 0) is 16.4 Å². The van der Waals surface area contributed by atoms with Gasteiger partial charge in [0.1, 0.15) is 0 Å². The van der Waals surface area contributed by atoms with E-state index in [9.17, 15) is 13.2 Å². The summed E-state index contributed by atoms with van der Waals surface area (Å²) in [6.45, 7) is 5.91. The number of aryl methyl sites for hydroxylation is 2. The average Bonchev–Trinajstić information content (AvgIpc) is 3.22. The molecule has 0 aliphatic carbocycles. The van der Waals surface area contributed by atoms with Crippen molar-refractivity contribution in [1.82, 2.24) is 4.98 Å². The molecule has 0 saturated carbocycles. The van der Waals surface area contributed by atoms with Crippen molar-refractivity contribution >= 4 is 42.4 Å². The fourth-order valence-corrected chi connectivity index (χ4v) is 5.91. The molecule has 0 aliphatic rings. The van der Waals surface area contributed by atoms with Crippen LogP contribution in [0.5, 0.6) is 0 Å². The molecule has 0 N–H and O–H groups in total. The molecule has 7 heteroatoms. The SMILES string of the molecule is CCS(=O)(=O)c1ccccc1C(=O)N(Cc1ccccc1)c1nc2c(C)cc(C)cc2s1. The second-order valence-corrected chi connectivity index (χ2v) is 11.0. The van der Waals surface area contributed by atoms with E-state index in [0.29, 0.717) is 5.13 Å². The molecule has 1 heterocycles. The molecular formula is C25H24N2O3S2. The molecule has 4 aromatic rings. The standard InChI is InChI=1S/C25H24N2O3S2/c1-4-32(29,30)22-13-9-8-12-20(22)24(28)27(16-19-10-6-5-7-11-19)25-26-23-18(3)14-17(2)15-21(23)31-25/h5-15H,4,16H2,1-3H3. The molecule has 0 saturated heterocycles. The number of hydrogen-bond acceptors (Lipinski definition) is 5. The van der Waals surface area contributed by atoms with E-state index in [1.54, 1.807) is 30.0 Å². The van der Waals surface area contributed by atoms with Gasteiger partial charge in [-0.25, -0.2) is 13.4 Å². The fourth-order valence-electron chi connectivity index (χ4n) is 3.68. The van der Waals surface area contributed by atoms with Gasteiger partial charge in [0.05, 0.1) is 33.0 Å². The van der Waals surface area contributed by atoms with Crippen molar-refractivity contribution in [2.75, 3.05) is 10.7 Å². The highest BCUT2D eigenvalue weighted by Gasteiger charge is 2.27. The number of nitrogens with zero attached hydrogens (tertiary/aromatic N) is 2. The molecule has 0 spiro atoms. The smallest absolute Gasteiger partial charge is 0.261 e. The Morgan fingerprint density at radius 1 is 1.00 bits per heavy atom. The number of rotatable bonds is 6. The maximum Gasteiger partial charge on any atom is 0.261 e. The third-order valence-electron chi connectivity index (χ3n) is 5.31. The lowest BCUT2D eigenvalue weighted by molar-refractivity contribution is 0.0982. The van der Waals surface area contributed by atoms with Crippen LogP contribution >= 0.6 is 11.3 Å². The number of aromatic nitrogens is 1. The van der Waals surface area contributed by atoms with Gasteiger partial charge in [-0.3, -0.25) is 9.69 Å². The summed E-state index contributed by atoms with van der Waals surface area (Å²) >= 11 is 1.44. The van der Waals surface area contributed by atoms with E-state index >= 15 is 0 Å². The first-order chi connectivity index (χ1) is 15.3. The quantitative estimate of drug-likeness (QED) is 0.375. The molecule has 164 valence electrons. The first-order valence-corrected chi connectivity index (χ1v) is 12.8. The minimum absolute atomic E-state index is 0.0543. The third-order valence-corrected chi connectivity index (χ3v) is 8.12. The lowest BCUT2D eigenvalue weighted by Crippen LogP contribution is -2.31. The first-order valence-electron chi connectivity index (χ1n) is 10.4. The third kappa shape index (κ3) is 4.31. The summed E-state index contributed by atoms with van der Waals surface area (Å²) in [4.78, 5) is 20.2. The molecular weight excluding hydrogens is 440 g/mol. The lowest BCUT2D eigenvalue weighted by Gasteiger charge is -2.21. The van der Waals surface area contributed by atoms with Crippen LogP contribution in [0.1, 0.15) is 34.0 Å². The topological polar surface area (TPSA) is 67.3 Å². The van der Waals surface area contributed by atoms with E-state index in [1.165, 1.54) is 17.4 Å². The Morgan fingerprint density at radius 3 is 2.41 bits per heavy atom.